The van der Waals surface area contributed by atoms with E-state index in [0.29, 0.717) is 0 Å². The molecule has 3 aliphatic carbocycles. The highest BCUT2D eigenvalue weighted by Gasteiger charge is 2.38. The Labute approximate surface area is 151 Å². The molecule has 0 heterocycles. The van der Waals surface area contributed by atoms with Gasteiger partial charge in [0.2, 0.25) is 0 Å². The van der Waals surface area contributed by atoms with Crippen LogP contribution in [-0.2, 0) is 0 Å². The molecule has 0 aromatic rings. The van der Waals surface area contributed by atoms with Crippen LogP contribution in [0.25, 0.3) is 0 Å². The predicted octanol–water partition coefficient (Wildman–Crippen LogP) is 7.78. The predicted molar refractivity (Wildman–Crippen MR) is 106 cm³/mol. The van der Waals surface area contributed by atoms with Crippen molar-refractivity contribution in [3.63, 3.8) is 0 Å². The summed E-state index contributed by atoms with van der Waals surface area (Å²) in [6, 6.07) is 0. The van der Waals surface area contributed by atoms with Crippen molar-refractivity contribution in [2.45, 2.75) is 104 Å². The van der Waals surface area contributed by atoms with Gasteiger partial charge < -0.3 is 0 Å². The first-order valence-corrected chi connectivity index (χ1v) is 11.4. The normalized spacial score (nSPS) is 40.6. The van der Waals surface area contributed by atoms with E-state index >= 15 is 0 Å². The highest BCUT2D eigenvalue weighted by molar-refractivity contribution is 4.90. The van der Waals surface area contributed by atoms with Crippen molar-refractivity contribution in [1.29, 1.82) is 0 Å². The Bertz CT molecular complexity index is 373. The molecular formula is C24H42. The smallest absolute Gasteiger partial charge is 0.0348 e. The SMILES string of the molecule is C/C=C/CCC1CCC2CC(C3CCC(CCC)CC3)CCC2C1. The van der Waals surface area contributed by atoms with E-state index in [4.69, 9.17) is 0 Å². The molecule has 0 heteroatoms. The number of rotatable bonds is 6. The van der Waals surface area contributed by atoms with E-state index in [1.807, 2.05) is 0 Å². The molecule has 3 rings (SSSR count). The van der Waals surface area contributed by atoms with Crippen LogP contribution in [0.4, 0.5) is 0 Å². The van der Waals surface area contributed by atoms with Crippen molar-refractivity contribution in [3.8, 4) is 0 Å². The molecule has 0 N–H and O–H groups in total. The third kappa shape index (κ3) is 4.89. The van der Waals surface area contributed by atoms with Gasteiger partial charge in [-0.2, -0.15) is 0 Å². The lowest BCUT2D eigenvalue weighted by Gasteiger charge is -2.45. The fourth-order valence-electron chi connectivity index (χ4n) is 6.57. The molecule has 3 saturated carbocycles. The van der Waals surface area contributed by atoms with Gasteiger partial charge in [-0.3, -0.25) is 0 Å². The van der Waals surface area contributed by atoms with E-state index in [2.05, 4.69) is 26.0 Å². The van der Waals surface area contributed by atoms with Gasteiger partial charge in [-0.05, 0) is 100 Å². The molecule has 4 unspecified atom stereocenters. The van der Waals surface area contributed by atoms with E-state index in [9.17, 15) is 0 Å². The summed E-state index contributed by atoms with van der Waals surface area (Å²) in [4.78, 5) is 0. The van der Waals surface area contributed by atoms with Crippen molar-refractivity contribution in [1.82, 2.24) is 0 Å². The standard InChI is InChI=1S/C24H42/c1-3-5-6-8-20-11-14-24-18-23(16-15-22(24)17-20)21-12-9-19(7-4-2)10-13-21/h3,5,19-24H,4,6-18H2,1-2H3/b5-3+. The van der Waals surface area contributed by atoms with Gasteiger partial charge >= 0.3 is 0 Å². The van der Waals surface area contributed by atoms with Gasteiger partial charge in [-0.25, -0.2) is 0 Å². The lowest BCUT2D eigenvalue weighted by Crippen LogP contribution is -2.34. The fourth-order valence-corrected chi connectivity index (χ4v) is 6.57. The zero-order valence-corrected chi connectivity index (χ0v) is 16.5. The van der Waals surface area contributed by atoms with Crippen LogP contribution >= 0.6 is 0 Å². The Morgan fingerprint density at radius 1 is 0.667 bits per heavy atom. The highest BCUT2D eigenvalue weighted by atomic mass is 14.4. The minimum absolute atomic E-state index is 1.04. The number of hydrogen-bond acceptors (Lipinski definition) is 0. The molecule has 0 aromatic carbocycles. The maximum atomic E-state index is 2.37. The van der Waals surface area contributed by atoms with Crippen LogP contribution in [0.5, 0.6) is 0 Å². The molecule has 0 aromatic heterocycles. The Morgan fingerprint density at radius 3 is 1.96 bits per heavy atom. The molecule has 0 spiro atoms. The third-order valence-electron chi connectivity index (χ3n) is 7.99. The van der Waals surface area contributed by atoms with Crippen LogP contribution in [0.15, 0.2) is 12.2 Å². The Hall–Kier alpha value is -0.260. The largest absolute Gasteiger partial charge is 0.0917 e. The molecule has 24 heavy (non-hydrogen) atoms. The maximum absolute atomic E-state index is 2.37. The van der Waals surface area contributed by atoms with Gasteiger partial charge in [0.15, 0.2) is 0 Å². The van der Waals surface area contributed by atoms with Gasteiger partial charge in [-0.1, -0.05) is 51.2 Å². The van der Waals surface area contributed by atoms with Crippen LogP contribution in [0, 0.1) is 35.5 Å². The van der Waals surface area contributed by atoms with Crippen LogP contribution in [-0.4, -0.2) is 0 Å². The van der Waals surface area contributed by atoms with Crippen molar-refractivity contribution in [2.75, 3.05) is 0 Å². The molecule has 0 saturated heterocycles. The van der Waals surface area contributed by atoms with Crippen molar-refractivity contribution in [3.05, 3.63) is 12.2 Å². The van der Waals surface area contributed by atoms with E-state index in [1.54, 1.807) is 57.8 Å². The van der Waals surface area contributed by atoms with Crippen LogP contribution in [0.2, 0.25) is 0 Å². The first-order valence-electron chi connectivity index (χ1n) is 11.4. The number of allylic oxidation sites excluding steroid dienone is 2. The lowest BCUT2D eigenvalue weighted by atomic mass is 9.60. The summed E-state index contributed by atoms with van der Waals surface area (Å²) in [5, 5.41) is 0. The van der Waals surface area contributed by atoms with E-state index in [1.165, 1.54) is 32.1 Å². The van der Waals surface area contributed by atoms with Gasteiger partial charge in [-0.15, -0.1) is 0 Å². The monoisotopic (exact) mass is 330 g/mol. The second-order valence-electron chi connectivity index (χ2n) is 9.49. The van der Waals surface area contributed by atoms with Crippen LogP contribution < -0.4 is 0 Å². The van der Waals surface area contributed by atoms with Crippen molar-refractivity contribution in [2.24, 2.45) is 35.5 Å². The van der Waals surface area contributed by atoms with Crippen LogP contribution in [0.1, 0.15) is 104 Å². The van der Waals surface area contributed by atoms with Gasteiger partial charge in [0.25, 0.3) is 0 Å². The van der Waals surface area contributed by atoms with Gasteiger partial charge in [0, 0.05) is 0 Å². The molecule has 0 aliphatic heterocycles. The van der Waals surface area contributed by atoms with Gasteiger partial charge in [0.1, 0.15) is 0 Å². The zero-order chi connectivity index (χ0) is 16.8. The summed E-state index contributed by atoms with van der Waals surface area (Å²) in [6.45, 7) is 4.52. The Kier molecular flexibility index (Phi) is 7.29. The Morgan fingerprint density at radius 2 is 1.25 bits per heavy atom. The maximum Gasteiger partial charge on any atom is -0.0348 e. The molecule has 0 amide bonds. The quantitative estimate of drug-likeness (QED) is 0.436. The zero-order valence-electron chi connectivity index (χ0n) is 16.5. The number of fused-ring (bicyclic) bond motifs is 1. The molecule has 0 nitrogen and oxygen atoms in total. The minimum Gasteiger partial charge on any atom is -0.0917 e. The second-order valence-corrected chi connectivity index (χ2v) is 9.49. The first-order chi connectivity index (χ1) is 11.8. The minimum atomic E-state index is 1.04. The Balaban J connectivity index is 1.42. The topological polar surface area (TPSA) is 0 Å². The first kappa shape index (κ1) is 18.5. The third-order valence-corrected chi connectivity index (χ3v) is 7.99. The summed E-state index contributed by atoms with van der Waals surface area (Å²) in [7, 11) is 0. The highest BCUT2D eigenvalue weighted by Crippen LogP contribution is 2.49. The van der Waals surface area contributed by atoms with E-state index < -0.39 is 0 Å². The fraction of sp³-hybridized carbons (Fsp3) is 0.917. The molecule has 4 atom stereocenters. The summed E-state index contributed by atoms with van der Waals surface area (Å²) >= 11 is 0. The summed E-state index contributed by atoms with van der Waals surface area (Å²) in [6.07, 6.45) is 25.9. The van der Waals surface area contributed by atoms with Crippen LogP contribution in [0.3, 0.4) is 0 Å². The second kappa shape index (κ2) is 9.44. The summed E-state index contributed by atoms with van der Waals surface area (Å²) < 4.78 is 0. The average Bonchev–Trinajstić information content (AvgIpc) is 2.62. The average molecular weight is 331 g/mol. The summed E-state index contributed by atoms with van der Waals surface area (Å²) in [5.74, 6) is 6.54. The summed E-state index contributed by atoms with van der Waals surface area (Å²) in [5.41, 5.74) is 0. The van der Waals surface area contributed by atoms with E-state index in [0.717, 1.165) is 35.5 Å². The molecule has 0 bridgehead atoms. The van der Waals surface area contributed by atoms with Gasteiger partial charge in [0.05, 0.1) is 0 Å². The molecule has 3 fully saturated rings. The molecular weight excluding hydrogens is 288 g/mol. The van der Waals surface area contributed by atoms with E-state index in [-0.39, 0.29) is 0 Å². The molecule has 138 valence electrons. The van der Waals surface area contributed by atoms with Crippen molar-refractivity contribution >= 4 is 0 Å². The van der Waals surface area contributed by atoms with Crippen molar-refractivity contribution < 1.29 is 0 Å². The lowest BCUT2D eigenvalue weighted by molar-refractivity contribution is 0.0582. The number of hydrogen-bond donors (Lipinski definition) is 0. The molecule has 0 radical (unpaired) electrons. The molecule has 3 aliphatic rings.